The molecule has 53 heavy (non-hydrogen) atoms. The van der Waals surface area contributed by atoms with Crippen LogP contribution >= 0.6 is 11.6 Å². The van der Waals surface area contributed by atoms with Gasteiger partial charge in [0, 0.05) is 68.4 Å². The molecule has 4 aromatic rings. The number of aromatic nitrogens is 2. The van der Waals surface area contributed by atoms with E-state index < -0.39 is 0 Å². The molecule has 0 radical (unpaired) electrons. The minimum atomic E-state index is -0.255. The average molecular weight is 738 g/mol. The van der Waals surface area contributed by atoms with Crippen LogP contribution in [0.15, 0.2) is 60.8 Å². The number of ether oxygens (including phenoxy) is 2. The third-order valence-corrected chi connectivity index (χ3v) is 10.4. The van der Waals surface area contributed by atoms with E-state index in [-0.39, 0.29) is 35.9 Å². The zero-order chi connectivity index (χ0) is 36.9. The summed E-state index contributed by atoms with van der Waals surface area (Å²) in [5, 5.41) is 16.0. The SMILES string of the molecule is COc1nc(O[C@H]2CCc3c(-c4cccc(C(=O)Nc5ccc(CNC[C@@H]6CCC(=O)N6)cn5)c4C)cccc32)c(Cl)cc1CNC[C@@H]1CCC(=O)N1. The van der Waals surface area contributed by atoms with Crippen molar-refractivity contribution in [2.24, 2.45) is 0 Å². The Labute approximate surface area is 313 Å². The first-order chi connectivity index (χ1) is 25.7. The maximum Gasteiger partial charge on any atom is 0.257 e. The maximum absolute atomic E-state index is 13.5. The van der Waals surface area contributed by atoms with Crippen LogP contribution in [0, 0.1) is 6.92 Å². The number of nitrogens with zero attached hydrogens (tertiary/aromatic N) is 2. The minimum absolute atomic E-state index is 0.0856. The number of nitrogens with one attached hydrogen (secondary N) is 5. The second-order valence-electron chi connectivity index (χ2n) is 13.8. The molecule has 12 nitrogen and oxygen atoms in total. The lowest BCUT2D eigenvalue weighted by Crippen LogP contribution is -2.35. The number of rotatable bonds is 14. The van der Waals surface area contributed by atoms with Gasteiger partial charge in [0.15, 0.2) is 0 Å². The molecule has 7 rings (SSSR count). The Balaban J connectivity index is 1.000. The fourth-order valence-corrected chi connectivity index (χ4v) is 7.62. The van der Waals surface area contributed by atoms with E-state index in [0.29, 0.717) is 67.2 Å². The number of hydrogen-bond donors (Lipinski definition) is 5. The van der Waals surface area contributed by atoms with E-state index in [1.165, 1.54) is 5.56 Å². The Morgan fingerprint density at radius 3 is 2.28 bits per heavy atom. The van der Waals surface area contributed by atoms with Crippen molar-refractivity contribution in [2.75, 3.05) is 25.5 Å². The Kier molecular flexibility index (Phi) is 11.2. The van der Waals surface area contributed by atoms with Gasteiger partial charge in [-0.1, -0.05) is 48.0 Å². The molecule has 3 atom stereocenters. The molecule has 0 bridgehead atoms. The van der Waals surface area contributed by atoms with Gasteiger partial charge in [-0.2, -0.15) is 4.98 Å². The largest absolute Gasteiger partial charge is 0.481 e. The van der Waals surface area contributed by atoms with Gasteiger partial charge in [-0.25, -0.2) is 4.98 Å². The fraction of sp³-hybridized carbons (Fsp3) is 0.375. The zero-order valence-electron chi connectivity index (χ0n) is 29.9. The monoisotopic (exact) mass is 737 g/mol. The molecular formula is C40H44ClN7O5. The van der Waals surface area contributed by atoms with Crippen LogP contribution in [0.3, 0.4) is 0 Å². The number of hydrogen-bond acceptors (Lipinski definition) is 9. The van der Waals surface area contributed by atoms with E-state index in [4.69, 9.17) is 21.1 Å². The van der Waals surface area contributed by atoms with Gasteiger partial charge < -0.3 is 36.1 Å². The zero-order valence-corrected chi connectivity index (χ0v) is 30.6. The molecule has 2 fully saturated rings. The second-order valence-corrected chi connectivity index (χ2v) is 14.2. The fourth-order valence-electron chi connectivity index (χ4n) is 7.40. The molecule has 2 aliphatic heterocycles. The third-order valence-electron chi connectivity index (χ3n) is 10.2. The summed E-state index contributed by atoms with van der Waals surface area (Å²) in [4.78, 5) is 45.6. The summed E-state index contributed by atoms with van der Waals surface area (Å²) in [5.41, 5.74) is 7.50. The number of anilines is 1. The first-order valence-electron chi connectivity index (χ1n) is 18.1. The number of methoxy groups -OCH3 is 1. The number of amides is 3. The number of carbonyl (C=O) groups excluding carboxylic acids is 3. The smallest absolute Gasteiger partial charge is 0.257 e. The topological polar surface area (TPSA) is 156 Å². The number of carbonyl (C=O) groups is 3. The quantitative estimate of drug-likeness (QED) is 0.118. The molecule has 276 valence electrons. The highest BCUT2D eigenvalue weighted by molar-refractivity contribution is 6.31. The molecule has 2 aromatic heterocycles. The summed E-state index contributed by atoms with van der Waals surface area (Å²) in [6.07, 6.45) is 5.83. The van der Waals surface area contributed by atoms with Crippen molar-refractivity contribution >= 4 is 35.1 Å². The molecule has 0 saturated carbocycles. The lowest BCUT2D eigenvalue weighted by atomic mass is 9.91. The highest BCUT2D eigenvalue weighted by Crippen LogP contribution is 2.42. The highest BCUT2D eigenvalue weighted by Gasteiger charge is 2.29. The van der Waals surface area contributed by atoms with Crippen molar-refractivity contribution < 1.29 is 23.9 Å². The Bertz CT molecular complexity index is 2010. The molecule has 3 amide bonds. The molecule has 2 saturated heterocycles. The lowest BCUT2D eigenvalue weighted by Gasteiger charge is -2.19. The summed E-state index contributed by atoms with van der Waals surface area (Å²) in [6.45, 7) is 4.43. The van der Waals surface area contributed by atoms with Crippen LogP contribution in [0.1, 0.15) is 76.4 Å². The van der Waals surface area contributed by atoms with Crippen LogP contribution in [-0.2, 0) is 29.1 Å². The molecule has 1 aliphatic carbocycles. The third kappa shape index (κ3) is 8.45. The molecule has 3 aliphatic rings. The molecular weight excluding hydrogens is 694 g/mol. The standard InChI is InChI=1S/C40H44ClN7O5/c1-23-28(5-3-6-29(23)38(51)47-35-14-9-24(19-44-35)18-42-21-26-10-15-36(49)45-26)30-7-4-8-32-31(30)12-13-34(32)53-40-33(41)17-25(39(48-40)52-2)20-43-22-27-11-16-37(50)46-27/h3-9,14,17,19,26-27,34,42-43H,10-13,15-16,18,20-22H2,1-2H3,(H,45,49)(H,46,50)(H,44,47,51)/t26-,27-,34-/m0/s1. The normalized spacial score (nSPS) is 19.1. The van der Waals surface area contributed by atoms with Gasteiger partial charge in [0.1, 0.15) is 16.9 Å². The van der Waals surface area contributed by atoms with E-state index in [9.17, 15) is 14.4 Å². The Morgan fingerprint density at radius 2 is 1.60 bits per heavy atom. The molecule has 13 heteroatoms. The summed E-state index contributed by atoms with van der Waals surface area (Å²) >= 11 is 6.71. The van der Waals surface area contributed by atoms with E-state index in [1.54, 1.807) is 19.4 Å². The van der Waals surface area contributed by atoms with Crippen LogP contribution < -0.4 is 36.1 Å². The van der Waals surface area contributed by atoms with E-state index in [2.05, 4.69) is 48.7 Å². The first kappa shape index (κ1) is 36.3. The number of benzene rings is 2. The first-order valence-corrected chi connectivity index (χ1v) is 18.5. The van der Waals surface area contributed by atoms with Gasteiger partial charge >= 0.3 is 0 Å². The van der Waals surface area contributed by atoms with Gasteiger partial charge in [0.25, 0.3) is 5.91 Å². The Morgan fingerprint density at radius 1 is 0.887 bits per heavy atom. The highest BCUT2D eigenvalue weighted by atomic mass is 35.5. The number of pyridine rings is 2. The number of fused-ring (bicyclic) bond motifs is 1. The maximum atomic E-state index is 13.5. The van der Waals surface area contributed by atoms with Gasteiger partial charge in [-0.05, 0) is 84.2 Å². The summed E-state index contributed by atoms with van der Waals surface area (Å²) in [7, 11) is 1.57. The van der Waals surface area contributed by atoms with E-state index in [1.807, 2.05) is 43.3 Å². The van der Waals surface area contributed by atoms with Crippen LogP contribution in [0.2, 0.25) is 5.02 Å². The van der Waals surface area contributed by atoms with Gasteiger partial charge in [-0.3, -0.25) is 14.4 Å². The van der Waals surface area contributed by atoms with Gasteiger partial charge in [-0.15, -0.1) is 0 Å². The van der Waals surface area contributed by atoms with Crippen molar-refractivity contribution in [3.63, 3.8) is 0 Å². The van der Waals surface area contributed by atoms with E-state index in [0.717, 1.165) is 59.1 Å². The van der Waals surface area contributed by atoms with Gasteiger partial charge in [0.05, 0.1) is 7.11 Å². The van der Waals surface area contributed by atoms with Crippen molar-refractivity contribution in [1.29, 1.82) is 0 Å². The molecule has 5 N–H and O–H groups in total. The van der Waals surface area contributed by atoms with E-state index >= 15 is 0 Å². The summed E-state index contributed by atoms with van der Waals surface area (Å²) in [5.74, 6) is 1.17. The predicted octanol–water partition coefficient (Wildman–Crippen LogP) is 5.17. The minimum Gasteiger partial charge on any atom is -0.481 e. The van der Waals surface area contributed by atoms with Crippen LogP contribution in [-0.4, -0.2) is 60.0 Å². The summed E-state index contributed by atoms with van der Waals surface area (Å²) < 4.78 is 12.1. The molecule has 2 aromatic carbocycles. The van der Waals surface area contributed by atoms with Crippen molar-refractivity contribution in [1.82, 2.24) is 31.2 Å². The van der Waals surface area contributed by atoms with Gasteiger partial charge in [0.2, 0.25) is 23.6 Å². The average Bonchev–Trinajstić information content (AvgIpc) is 3.89. The van der Waals surface area contributed by atoms with Crippen LogP contribution in [0.5, 0.6) is 11.8 Å². The molecule has 4 heterocycles. The summed E-state index contributed by atoms with van der Waals surface area (Å²) in [6, 6.07) is 17.8. The number of halogens is 1. The molecule has 0 unspecified atom stereocenters. The lowest BCUT2D eigenvalue weighted by molar-refractivity contribution is -0.120. The van der Waals surface area contributed by atoms with Crippen LogP contribution in [0.25, 0.3) is 11.1 Å². The van der Waals surface area contributed by atoms with Crippen molar-refractivity contribution in [2.45, 2.75) is 76.7 Å². The van der Waals surface area contributed by atoms with Crippen molar-refractivity contribution in [3.8, 4) is 22.9 Å². The molecule has 0 spiro atoms. The van der Waals surface area contributed by atoms with Crippen LogP contribution in [0.4, 0.5) is 5.82 Å². The predicted molar refractivity (Wildman–Crippen MR) is 202 cm³/mol. The van der Waals surface area contributed by atoms with Crippen molar-refractivity contribution in [3.05, 3.63) is 99.2 Å². The Hall–Kier alpha value is -5.04. The second kappa shape index (κ2) is 16.3.